The van der Waals surface area contributed by atoms with Crippen molar-refractivity contribution < 1.29 is 42.5 Å². The molecule has 1 unspecified atom stereocenters. The van der Waals surface area contributed by atoms with Crippen LogP contribution < -0.4 is 24.3 Å². The number of alkyl carbamates (subject to hydrolysis) is 1. The fraction of sp³-hybridized carbons (Fsp3) is 0.464. The molecule has 1 amide bonds. The normalized spacial score (nSPS) is 12.1. The van der Waals surface area contributed by atoms with Crippen LogP contribution in [0.4, 0.5) is 14.9 Å². The van der Waals surface area contributed by atoms with E-state index in [9.17, 15) is 19.3 Å². The lowest BCUT2D eigenvalue weighted by Gasteiger charge is -2.19. The second-order valence-corrected chi connectivity index (χ2v) is 9.48. The maximum absolute atomic E-state index is 14.1. The topological polar surface area (TPSA) is 128 Å². The SMILES string of the molecule is COc1cc(C(C)OC/C=C/COc2cccc(OC)c2[19F])c([N+](=O)[O-])cc1OCCCNC(=O)OC(C)(C)C. The van der Waals surface area contributed by atoms with Gasteiger partial charge in [0.05, 0.1) is 50.1 Å². The van der Waals surface area contributed by atoms with Crippen LogP contribution in [0.1, 0.15) is 45.8 Å². The molecule has 1 N–H and O–H groups in total. The zero-order chi connectivity index (χ0) is 29.7. The van der Waals surface area contributed by atoms with Gasteiger partial charge < -0.3 is 33.7 Å². The zero-order valence-corrected chi connectivity index (χ0v) is 23.7. The molecule has 0 saturated carbocycles. The van der Waals surface area contributed by atoms with Crippen molar-refractivity contribution in [2.75, 3.05) is 40.6 Å². The fourth-order valence-electron chi connectivity index (χ4n) is 3.40. The highest BCUT2D eigenvalue weighted by Gasteiger charge is 2.24. The van der Waals surface area contributed by atoms with Crippen molar-refractivity contribution >= 4 is 11.8 Å². The van der Waals surface area contributed by atoms with Crippen molar-refractivity contribution in [2.24, 2.45) is 0 Å². The van der Waals surface area contributed by atoms with Crippen LogP contribution in [0.2, 0.25) is 0 Å². The molecule has 0 aliphatic rings. The van der Waals surface area contributed by atoms with Gasteiger partial charge in [0.2, 0.25) is 5.82 Å². The van der Waals surface area contributed by atoms with E-state index in [4.69, 9.17) is 28.4 Å². The Morgan fingerprint density at radius 3 is 2.38 bits per heavy atom. The van der Waals surface area contributed by atoms with Gasteiger partial charge in [-0.2, -0.15) is 4.39 Å². The van der Waals surface area contributed by atoms with Crippen LogP contribution in [0, 0.1) is 15.9 Å². The Hall–Kier alpha value is -4.06. The molecule has 0 aliphatic heterocycles. The molecule has 220 valence electrons. The Labute approximate surface area is 233 Å². The number of methoxy groups -OCH3 is 2. The van der Waals surface area contributed by atoms with Crippen LogP contribution in [-0.4, -0.2) is 57.2 Å². The number of carbonyl (C=O) groups is 1. The molecule has 0 aliphatic carbocycles. The summed E-state index contributed by atoms with van der Waals surface area (Å²) in [6.45, 7) is 7.69. The number of benzene rings is 2. The standard InChI is InChI=1S/C28H37FN2O9/c1-19(37-14-7-8-15-38-23-12-9-11-22(35-5)26(23)29)20-17-24(36-6)25(18-21(20)31(33)34)39-16-10-13-30-27(32)40-28(2,3)4/h7-9,11-12,17-19H,10,13-16H2,1-6H3,(H,30,32)/b8-7+/i29+0. The van der Waals surface area contributed by atoms with Crippen molar-refractivity contribution in [3.8, 4) is 23.0 Å². The van der Waals surface area contributed by atoms with E-state index >= 15 is 0 Å². The molecule has 12 heteroatoms. The van der Waals surface area contributed by atoms with Crippen molar-refractivity contribution in [1.82, 2.24) is 5.32 Å². The average Bonchev–Trinajstić information content (AvgIpc) is 2.89. The maximum Gasteiger partial charge on any atom is 0.407 e. The van der Waals surface area contributed by atoms with E-state index in [1.54, 1.807) is 45.9 Å². The summed E-state index contributed by atoms with van der Waals surface area (Å²) >= 11 is 0. The predicted molar refractivity (Wildman–Crippen MR) is 146 cm³/mol. The fourth-order valence-corrected chi connectivity index (χ4v) is 3.40. The van der Waals surface area contributed by atoms with Gasteiger partial charge in [0.25, 0.3) is 5.69 Å². The van der Waals surface area contributed by atoms with E-state index in [2.05, 4.69) is 5.32 Å². The van der Waals surface area contributed by atoms with Crippen LogP contribution >= 0.6 is 0 Å². The lowest BCUT2D eigenvalue weighted by atomic mass is 10.1. The molecule has 0 fully saturated rings. The largest absolute Gasteiger partial charge is 0.494 e. The van der Waals surface area contributed by atoms with E-state index < -0.39 is 28.5 Å². The maximum atomic E-state index is 14.1. The molecule has 2 aromatic rings. The van der Waals surface area contributed by atoms with Gasteiger partial charge in [-0.15, -0.1) is 0 Å². The highest BCUT2D eigenvalue weighted by Crippen LogP contribution is 2.38. The second kappa shape index (κ2) is 15.5. The van der Waals surface area contributed by atoms with Gasteiger partial charge in [-0.25, -0.2) is 4.79 Å². The molecular weight excluding hydrogens is 527 g/mol. The molecule has 11 nitrogen and oxygen atoms in total. The number of ether oxygens (including phenoxy) is 6. The van der Waals surface area contributed by atoms with Gasteiger partial charge in [-0.1, -0.05) is 12.1 Å². The van der Waals surface area contributed by atoms with Crippen molar-refractivity contribution in [3.63, 3.8) is 0 Å². The van der Waals surface area contributed by atoms with Gasteiger partial charge in [0.15, 0.2) is 23.0 Å². The first kappa shape index (κ1) is 32.2. The van der Waals surface area contributed by atoms with Crippen molar-refractivity contribution in [2.45, 2.75) is 45.8 Å². The third kappa shape index (κ3) is 10.3. The first-order valence-electron chi connectivity index (χ1n) is 12.6. The van der Waals surface area contributed by atoms with Crippen molar-refractivity contribution in [3.05, 3.63) is 64.0 Å². The molecule has 0 saturated heterocycles. The van der Waals surface area contributed by atoms with Crippen LogP contribution in [0.3, 0.4) is 0 Å². The summed E-state index contributed by atoms with van der Waals surface area (Å²) < 4.78 is 46.4. The first-order chi connectivity index (χ1) is 19.0. The first-order valence-corrected chi connectivity index (χ1v) is 12.6. The Morgan fingerprint density at radius 1 is 1.05 bits per heavy atom. The summed E-state index contributed by atoms with van der Waals surface area (Å²) in [7, 11) is 2.80. The minimum Gasteiger partial charge on any atom is -0.494 e. The quantitative estimate of drug-likeness (QED) is 0.124. The Morgan fingerprint density at radius 2 is 1.73 bits per heavy atom. The molecule has 2 aromatic carbocycles. The number of nitrogens with zero attached hydrogens (tertiary/aromatic N) is 1. The number of nitro groups is 1. The number of hydrogen-bond donors (Lipinski definition) is 1. The number of hydrogen-bond acceptors (Lipinski definition) is 9. The van der Waals surface area contributed by atoms with E-state index in [0.717, 1.165) is 0 Å². The van der Waals surface area contributed by atoms with Gasteiger partial charge in [-0.3, -0.25) is 10.1 Å². The summed E-state index contributed by atoms with van der Waals surface area (Å²) in [5.41, 5.74) is -0.474. The second-order valence-electron chi connectivity index (χ2n) is 9.48. The zero-order valence-electron chi connectivity index (χ0n) is 23.7. The summed E-state index contributed by atoms with van der Waals surface area (Å²) in [6.07, 6.45) is 2.57. The summed E-state index contributed by atoms with van der Waals surface area (Å²) in [6, 6.07) is 7.40. The molecule has 0 heterocycles. The number of nitrogens with one attached hydrogen (secondary N) is 1. The predicted octanol–water partition coefficient (Wildman–Crippen LogP) is 5.76. The van der Waals surface area contributed by atoms with E-state index in [1.165, 1.54) is 38.5 Å². The molecule has 0 radical (unpaired) electrons. The number of rotatable bonds is 15. The molecule has 40 heavy (non-hydrogen) atoms. The van der Waals surface area contributed by atoms with Crippen LogP contribution in [0.15, 0.2) is 42.5 Å². The molecule has 1 atom stereocenters. The van der Waals surface area contributed by atoms with E-state index in [-0.39, 0.29) is 42.8 Å². The van der Waals surface area contributed by atoms with Gasteiger partial charge in [0.1, 0.15) is 12.2 Å². The number of halogens is 1. The number of amides is 1. The molecule has 0 spiro atoms. The van der Waals surface area contributed by atoms with E-state index in [0.29, 0.717) is 24.3 Å². The monoisotopic (exact) mass is 564 g/mol. The summed E-state index contributed by atoms with van der Waals surface area (Å²) in [5, 5.41) is 14.4. The highest BCUT2D eigenvalue weighted by atomic mass is 19.1. The Balaban J connectivity index is 1.92. The summed E-state index contributed by atoms with van der Waals surface area (Å²) in [4.78, 5) is 23.0. The van der Waals surface area contributed by atoms with Crippen LogP contribution in [0.25, 0.3) is 0 Å². The third-order valence-electron chi connectivity index (χ3n) is 5.29. The van der Waals surface area contributed by atoms with Crippen LogP contribution in [0.5, 0.6) is 23.0 Å². The van der Waals surface area contributed by atoms with Gasteiger partial charge >= 0.3 is 6.09 Å². The van der Waals surface area contributed by atoms with Gasteiger partial charge in [-0.05, 0) is 58.4 Å². The minimum atomic E-state index is -0.650. The van der Waals surface area contributed by atoms with E-state index in [1.807, 2.05) is 0 Å². The van der Waals surface area contributed by atoms with Gasteiger partial charge in [0, 0.05) is 6.54 Å². The molecule has 2 rings (SSSR count). The number of carbonyl (C=O) groups excluding carboxylic acids is 1. The highest BCUT2D eigenvalue weighted by molar-refractivity contribution is 5.67. The van der Waals surface area contributed by atoms with Crippen LogP contribution in [-0.2, 0) is 9.47 Å². The third-order valence-corrected chi connectivity index (χ3v) is 5.29. The minimum absolute atomic E-state index is 0.0580. The average molecular weight is 565 g/mol. The number of nitro benzene ring substituents is 1. The van der Waals surface area contributed by atoms with Crippen molar-refractivity contribution in [1.29, 1.82) is 0 Å². The molecular formula is C28H37FN2O9. The Bertz CT molecular complexity index is 1170. The smallest absolute Gasteiger partial charge is 0.407 e. The summed E-state index contributed by atoms with van der Waals surface area (Å²) in [5.74, 6) is 0.0592. The molecule has 0 aromatic heterocycles. The Kier molecular flexibility index (Phi) is 12.5. The lowest BCUT2D eigenvalue weighted by molar-refractivity contribution is -0.386. The lowest BCUT2D eigenvalue weighted by Crippen LogP contribution is -2.33. The molecule has 0 bridgehead atoms.